The first-order chi connectivity index (χ1) is 18.2. The summed E-state index contributed by atoms with van der Waals surface area (Å²) in [6.45, 7) is 6.63. The molecule has 0 heterocycles. The van der Waals surface area contributed by atoms with Gasteiger partial charge in [-0.25, -0.2) is 13.2 Å². The van der Waals surface area contributed by atoms with Gasteiger partial charge in [-0.05, 0) is 56.2 Å². The van der Waals surface area contributed by atoms with Crippen molar-refractivity contribution in [1.29, 1.82) is 0 Å². The number of rotatable bonds is 8. The van der Waals surface area contributed by atoms with Crippen LogP contribution in [0.1, 0.15) is 44.9 Å². The molecule has 0 spiro atoms. The number of nitrogens with one attached hydrogen (secondary N) is 2. The average molecular weight is 551 g/mol. The monoisotopic (exact) mass is 550 g/mol. The number of allylic oxidation sites excluding steroid dienone is 1. The van der Waals surface area contributed by atoms with Crippen molar-refractivity contribution in [2.75, 3.05) is 12.4 Å². The van der Waals surface area contributed by atoms with Crippen molar-refractivity contribution in [3.8, 4) is 16.9 Å². The molecule has 1 atom stereocenters. The second-order valence-electron chi connectivity index (χ2n) is 9.26. The minimum absolute atomic E-state index is 0.00570. The van der Waals surface area contributed by atoms with Crippen LogP contribution in [0.25, 0.3) is 11.1 Å². The molecular weight excluding hydrogens is 522 g/mol. The Kier molecular flexibility index (Phi) is 8.99. The minimum Gasteiger partial charge on any atom is -0.496 e. The predicted octanol–water partition coefficient (Wildman–Crippen LogP) is 8.02. The van der Waals surface area contributed by atoms with E-state index in [0.29, 0.717) is 5.70 Å². The lowest BCUT2D eigenvalue weighted by Crippen LogP contribution is -2.26. The number of hydrogen-bond acceptors (Lipinski definition) is 3. The summed E-state index contributed by atoms with van der Waals surface area (Å²) in [5.41, 5.74) is -0.689. The molecule has 0 aliphatic rings. The van der Waals surface area contributed by atoms with E-state index in [0.717, 1.165) is 30.3 Å². The molecule has 10 heteroatoms. The molecule has 0 aliphatic heterocycles. The maximum atomic E-state index is 15.1. The molecule has 1 unspecified atom stereocenters. The zero-order chi connectivity index (χ0) is 29.1. The highest BCUT2D eigenvalue weighted by Gasteiger charge is 2.31. The number of carbonyl (C=O) groups is 1. The number of ether oxygens (including phenoxy) is 1. The maximum absolute atomic E-state index is 15.1. The van der Waals surface area contributed by atoms with Crippen molar-refractivity contribution >= 4 is 11.6 Å². The predicted molar refractivity (Wildman–Crippen MR) is 137 cm³/mol. The van der Waals surface area contributed by atoms with Crippen LogP contribution in [0, 0.1) is 23.4 Å². The highest BCUT2D eigenvalue weighted by atomic mass is 19.4. The molecule has 0 bridgehead atoms. The lowest BCUT2D eigenvalue weighted by molar-refractivity contribution is -0.137. The van der Waals surface area contributed by atoms with Crippen molar-refractivity contribution < 1.29 is 35.9 Å². The SMILES string of the molecule is COc1cc(F)c(C(C)N/C(C)=C(/C(=O)Nc2cccc(C(F)(F)F)c2)C(C)C)cc1-c1c(F)cccc1F. The second kappa shape index (κ2) is 11.8. The van der Waals surface area contributed by atoms with Crippen molar-refractivity contribution in [3.63, 3.8) is 0 Å². The Bertz CT molecular complexity index is 1380. The first kappa shape index (κ1) is 29.6. The van der Waals surface area contributed by atoms with Crippen LogP contribution in [0.5, 0.6) is 5.75 Å². The standard InChI is InChI=1S/C29H28F6N2O2/c1-15(2)26(28(38)37-19-9-6-8-18(12-19)29(33,34)35)17(4)36-16(3)20-13-21(25(39-5)14-24(20)32)27-22(30)10-7-11-23(27)31/h6-16,36H,1-5H3,(H,37,38)/b26-17+. The molecule has 0 saturated heterocycles. The average Bonchev–Trinajstić information content (AvgIpc) is 2.83. The van der Waals surface area contributed by atoms with Gasteiger partial charge in [-0.15, -0.1) is 0 Å². The Balaban J connectivity index is 1.96. The molecule has 2 N–H and O–H groups in total. The molecule has 4 nitrogen and oxygen atoms in total. The van der Waals surface area contributed by atoms with Crippen LogP contribution in [0.15, 0.2) is 65.9 Å². The number of alkyl halides is 3. The summed E-state index contributed by atoms with van der Waals surface area (Å²) >= 11 is 0. The van der Waals surface area contributed by atoms with Gasteiger partial charge in [0.15, 0.2) is 0 Å². The molecule has 3 rings (SSSR count). The van der Waals surface area contributed by atoms with E-state index in [1.807, 2.05) is 0 Å². The molecule has 0 aromatic heterocycles. The smallest absolute Gasteiger partial charge is 0.416 e. The number of hydrogen-bond donors (Lipinski definition) is 2. The van der Waals surface area contributed by atoms with Crippen LogP contribution in [-0.2, 0) is 11.0 Å². The van der Waals surface area contributed by atoms with Gasteiger partial charge in [0.2, 0.25) is 0 Å². The first-order valence-corrected chi connectivity index (χ1v) is 12.0. The van der Waals surface area contributed by atoms with Gasteiger partial charge in [0.05, 0.1) is 24.3 Å². The van der Waals surface area contributed by atoms with E-state index in [2.05, 4.69) is 10.6 Å². The molecule has 0 aliphatic carbocycles. The third-order valence-corrected chi connectivity index (χ3v) is 6.12. The molecule has 39 heavy (non-hydrogen) atoms. The number of anilines is 1. The van der Waals surface area contributed by atoms with Crippen LogP contribution in [-0.4, -0.2) is 13.0 Å². The lowest BCUT2D eigenvalue weighted by Gasteiger charge is -2.23. The summed E-state index contributed by atoms with van der Waals surface area (Å²) in [6, 6.07) is 9.14. The van der Waals surface area contributed by atoms with Gasteiger partial charge in [-0.1, -0.05) is 26.0 Å². The van der Waals surface area contributed by atoms with E-state index >= 15 is 4.39 Å². The Labute approximate surface area is 222 Å². The van der Waals surface area contributed by atoms with Gasteiger partial charge >= 0.3 is 6.18 Å². The Morgan fingerprint density at radius 1 is 0.897 bits per heavy atom. The van der Waals surface area contributed by atoms with E-state index < -0.39 is 41.1 Å². The summed E-state index contributed by atoms with van der Waals surface area (Å²) in [5, 5.41) is 5.53. The van der Waals surface area contributed by atoms with Gasteiger partial charge in [-0.2, -0.15) is 13.2 Å². The Morgan fingerprint density at radius 2 is 1.51 bits per heavy atom. The van der Waals surface area contributed by atoms with E-state index in [-0.39, 0.29) is 39.6 Å². The zero-order valence-corrected chi connectivity index (χ0v) is 21.9. The maximum Gasteiger partial charge on any atom is 0.416 e. The van der Waals surface area contributed by atoms with Crippen LogP contribution >= 0.6 is 0 Å². The van der Waals surface area contributed by atoms with Gasteiger partial charge in [0.1, 0.15) is 23.2 Å². The summed E-state index contributed by atoms with van der Waals surface area (Å²) in [7, 11) is 1.25. The number of amides is 1. The Hall–Kier alpha value is -3.95. The minimum atomic E-state index is -4.57. The van der Waals surface area contributed by atoms with E-state index in [9.17, 15) is 26.7 Å². The van der Waals surface area contributed by atoms with Crippen LogP contribution in [0.3, 0.4) is 0 Å². The van der Waals surface area contributed by atoms with Crippen LogP contribution in [0.2, 0.25) is 0 Å². The second-order valence-corrected chi connectivity index (χ2v) is 9.26. The van der Waals surface area contributed by atoms with Crippen molar-refractivity contribution in [2.45, 2.75) is 39.9 Å². The highest BCUT2D eigenvalue weighted by molar-refractivity contribution is 6.04. The van der Waals surface area contributed by atoms with E-state index in [4.69, 9.17) is 4.74 Å². The molecule has 0 saturated carbocycles. The molecule has 0 fully saturated rings. The number of carbonyl (C=O) groups excluding carboxylic acids is 1. The molecule has 3 aromatic carbocycles. The van der Waals surface area contributed by atoms with Gasteiger partial charge in [0.25, 0.3) is 5.91 Å². The third kappa shape index (κ3) is 6.74. The fourth-order valence-electron chi connectivity index (χ4n) is 4.34. The topological polar surface area (TPSA) is 50.4 Å². The Morgan fingerprint density at radius 3 is 2.08 bits per heavy atom. The fourth-order valence-corrected chi connectivity index (χ4v) is 4.34. The van der Waals surface area contributed by atoms with Gasteiger partial charge in [0, 0.05) is 34.2 Å². The van der Waals surface area contributed by atoms with Crippen molar-refractivity contribution in [2.24, 2.45) is 5.92 Å². The summed E-state index contributed by atoms with van der Waals surface area (Å²) in [4.78, 5) is 13.1. The molecule has 1 amide bonds. The van der Waals surface area contributed by atoms with E-state index in [1.54, 1.807) is 27.7 Å². The van der Waals surface area contributed by atoms with Crippen molar-refractivity contribution in [3.05, 3.63) is 94.4 Å². The highest BCUT2D eigenvalue weighted by Crippen LogP contribution is 2.37. The number of halogens is 6. The summed E-state index contributed by atoms with van der Waals surface area (Å²) in [5.74, 6) is -3.47. The zero-order valence-electron chi connectivity index (χ0n) is 21.9. The normalized spacial score (nSPS) is 13.1. The molecule has 3 aromatic rings. The van der Waals surface area contributed by atoms with Gasteiger partial charge in [-0.3, -0.25) is 4.79 Å². The third-order valence-electron chi connectivity index (χ3n) is 6.12. The summed E-state index contributed by atoms with van der Waals surface area (Å²) < 4.78 is 88.5. The molecular formula is C29H28F6N2O2. The largest absolute Gasteiger partial charge is 0.496 e. The quantitative estimate of drug-likeness (QED) is 0.221. The number of methoxy groups -OCH3 is 1. The molecule has 0 radical (unpaired) electrons. The van der Waals surface area contributed by atoms with Gasteiger partial charge < -0.3 is 15.4 Å². The molecule has 208 valence electrons. The van der Waals surface area contributed by atoms with Crippen LogP contribution < -0.4 is 15.4 Å². The summed E-state index contributed by atoms with van der Waals surface area (Å²) in [6.07, 6.45) is -4.57. The van der Waals surface area contributed by atoms with Crippen LogP contribution in [0.4, 0.5) is 32.0 Å². The first-order valence-electron chi connectivity index (χ1n) is 12.0. The lowest BCUT2D eigenvalue weighted by atomic mass is 9.96. The van der Waals surface area contributed by atoms with E-state index in [1.165, 1.54) is 31.4 Å². The number of benzene rings is 3. The van der Waals surface area contributed by atoms with Crippen molar-refractivity contribution in [1.82, 2.24) is 5.32 Å². The fraction of sp³-hybridized carbons (Fsp3) is 0.276.